The van der Waals surface area contributed by atoms with Gasteiger partial charge in [-0.2, -0.15) is 0 Å². The molecular formula is C27H21Br2NO4. The van der Waals surface area contributed by atoms with Gasteiger partial charge in [-0.1, -0.05) is 57.3 Å². The number of unbranched alkanes of at least 4 members (excludes halogenated alkanes) is 1. The molecule has 0 aliphatic carbocycles. The number of rotatable bonds is 6. The summed E-state index contributed by atoms with van der Waals surface area (Å²) in [4.78, 5) is 29.0. The third kappa shape index (κ3) is 4.07. The summed E-state index contributed by atoms with van der Waals surface area (Å²) in [6.07, 6.45) is 1.98. The fourth-order valence-corrected chi connectivity index (χ4v) is 4.86. The summed E-state index contributed by atoms with van der Waals surface area (Å²) < 4.78 is 13.6. The van der Waals surface area contributed by atoms with Crippen LogP contribution in [0.5, 0.6) is 5.75 Å². The molecule has 0 saturated carbocycles. The Kier molecular flexibility index (Phi) is 6.32. The molecule has 0 N–H and O–H groups in total. The van der Waals surface area contributed by atoms with E-state index in [9.17, 15) is 9.59 Å². The summed E-state index contributed by atoms with van der Waals surface area (Å²) in [5.41, 5.74) is 1.96. The highest BCUT2D eigenvalue weighted by Crippen LogP contribution is 2.42. The first kappa shape index (κ1) is 22.9. The van der Waals surface area contributed by atoms with E-state index in [1.807, 2.05) is 48.5 Å². The van der Waals surface area contributed by atoms with Crippen LogP contribution in [0.15, 0.2) is 84.9 Å². The molecule has 0 bridgehead atoms. The molecule has 0 spiro atoms. The lowest BCUT2D eigenvalue weighted by atomic mass is 9.98. The summed E-state index contributed by atoms with van der Waals surface area (Å²) in [5.74, 6) is 0.433. The Balaban J connectivity index is 1.71. The number of hydrogen-bond donors (Lipinski definition) is 0. The maximum Gasteiger partial charge on any atom is 0.295 e. The predicted octanol–water partition coefficient (Wildman–Crippen LogP) is 7.25. The van der Waals surface area contributed by atoms with Crippen LogP contribution in [0.1, 0.15) is 47.5 Å². The van der Waals surface area contributed by atoms with Crippen molar-refractivity contribution >= 4 is 54.4 Å². The van der Waals surface area contributed by atoms with E-state index in [1.54, 1.807) is 23.1 Å². The van der Waals surface area contributed by atoms with E-state index < -0.39 is 6.04 Å². The summed E-state index contributed by atoms with van der Waals surface area (Å²) in [5, 5.41) is 0.430. The van der Waals surface area contributed by atoms with E-state index in [4.69, 9.17) is 9.15 Å². The van der Waals surface area contributed by atoms with E-state index in [-0.39, 0.29) is 17.1 Å². The number of benzene rings is 3. The molecule has 0 radical (unpaired) electrons. The van der Waals surface area contributed by atoms with Crippen LogP contribution < -0.4 is 15.1 Å². The van der Waals surface area contributed by atoms with Crippen molar-refractivity contribution in [3.8, 4) is 5.75 Å². The minimum absolute atomic E-state index is 0.0741. The van der Waals surface area contributed by atoms with Crippen LogP contribution >= 0.6 is 31.9 Å². The smallest absolute Gasteiger partial charge is 0.295 e. The van der Waals surface area contributed by atoms with Crippen LogP contribution in [0.4, 0.5) is 5.69 Å². The maximum atomic E-state index is 13.7. The second kappa shape index (κ2) is 9.39. The van der Waals surface area contributed by atoms with Gasteiger partial charge in [-0.05, 0) is 66.6 Å². The van der Waals surface area contributed by atoms with Crippen LogP contribution in [0, 0.1) is 0 Å². The standard InChI is InChI=1S/C27H21Br2NO4/c1-2-3-13-33-20-6-4-5-16(14-20)24-23-25(31)21-15-18(29)9-12-22(21)34-26(23)27(32)30(24)19-10-7-17(28)8-11-19/h4-12,14-15,24H,2-3,13H2,1H3. The van der Waals surface area contributed by atoms with Crippen molar-refractivity contribution in [2.75, 3.05) is 11.5 Å². The molecule has 7 heteroatoms. The molecular weight excluding hydrogens is 562 g/mol. The van der Waals surface area contributed by atoms with Gasteiger partial charge >= 0.3 is 0 Å². The van der Waals surface area contributed by atoms with Crippen molar-refractivity contribution in [3.63, 3.8) is 0 Å². The van der Waals surface area contributed by atoms with Crippen LogP contribution in [0.2, 0.25) is 0 Å². The number of nitrogens with zero attached hydrogens (tertiary/aromatic N) is 1. The molecule has 5 rings (SSSR count). The number of carbonyl (C=O) groups excluding carboxylic acids is 1. The number of hydrogen-bond acceptors (Lipinski definition) is 4. The fourth-order valence-electron chi connectivity index (χ4n) is 4.24. The molecule has 1 atom stereocenters. The largest absolute Gasteiger partial charge is 0.494 e. The van der Waals surface area contributed by atoms with E-state index in [0.717, 1.165) is 27.4 Å². The molecule has 34 heavy (non-hydrogen) atoms. The summed E-state index contributed by atoms with van der Waals surface area (Å²) in [6.45, 7) is 2.72. The van der Waals surface area contributed by atoms with Gasteiger partial charge in [-0.25, -0.2) is 0 Å². The molecule has 1 amide bonds. The Hall–Kier alpha value is -2.90. The third-order valence-electron chi connectivity index (χ3n) is 5.88. The van der Waals surface area contributed by atoms with Gasteiger partial charge in [0.05, 0.1) is 23.6 Å². The molecule has 2 heterocycles. The highest BCUT2D eigenvalue weighted by molar-refractivity contribution is 9.10. The quantitative estimate of drug-likeness (QED) is 0.225. The van der Waals surface area contributed by atoms with Gasteiger partial charge in [0.1, 0.15) is 11.3 Å². The number of halogens is 2. The van der Waals surface area contributed by atoms with Crippen molar-refractivity contribution in [2.24, 2.45) is 0 Å². The molecule has 0 fully saturated rings. The molecule has 3 aromatic carbocycles. The van der Waals surface area contributed by atoms with Gasteiger partial charge < -0.3 is 9.15 Å². The number of amides is 1. The average molecular weight is 583 g/mol. The van der Waals surface area contributed by atoms with Crippen LogP contribution in [-0.2, 0) is 0 Å². The fraction of sp³-hybridized carbons (Fsp3) is 0.185. The highest BCUT2D eigenvalue weighted by atomic mass is 79.9. The summed E-state index contributed by atoms with van der Waals surface area (Å²) in [7, 11) is 0. The minimum Gasteiger partial charge on any atom is -0.494 e. The number of fused-ring (bicyclic) bond motifs is 2. The number of carbonyl (C=O) groups is 1. The van der Waals surface area contributed by atoms with Crippen molar-refractivity contribution < 1.29 is 13.9 Å². The van der Waals surface area contributed by atoms with E-state index >= 15 is 0 Å². The molecule has 4 aromatic rings. The second-order valence-corrected chi connectivity index (χ2v) is 9.97. The summed E-state index contributed by atoms with van der Waals surface area (Å²) >= 11 is 6.89. The van der Waals surface area contributed by atoms with Gasteiger partial charge in [0.15, 0.2) is 5.43 Å². The predicted molar refractivity (Wildman–Crippen MR) is 140 cm³/mol. The SMILES string of the molecule is CCCCOc1cccc(C2c3c(oc4ccc(Br)cc4c3=O)C(=O)N2c2ccc(Br)cc2)c1. The molecule has 1 unspecified atom stereocenters. The van der Waals surface area contributed by atoms with Gasteiger partial charge in [-0.15, -0.1) is 0 Å². The van der Waals surface area contributed by atoms with Gasteiger partial charge in [0, 0.05) is 14.6 Å². The Bertz CT molecular complexity index is 1450. The first-order valence-corrected chi connectivity index (χ1v) is 12.6. The number of ether oxygens (including phenoxy) is 1. The minimum atomic E-state index is -0.641. The monoisotopic (exact) mass is 581 g/mol. The lowest BCUT2D eigenvalue weighted by molar-refractivity contribution is 0.0971. The van der Waals surface area contributed by atoms with Gasteiger partial charge in [0.2, 0.25) is 5.76 Å². The van der Waals surface area contributed by atoms with Crippen LogP contribution in [-0.4, -0.2) is 12.5 Å². The third-order valence-corrected chi connectivity index (χ3v) is 6.90. The summed E-state index contributed by atoms with van der Waals surface area (Å²) in [6, 6.07) is 19.6. The molecule has 5 nitrogen and oxygen atoms in total. The van der Waals surface area contributed by atoms with Crippen molar-refractivity contribution in [1.82, 2.24) is 0 Å². The molecule has 0 saturated heterocycles. The topological polar surface area (TPSA) is 59.8 Å². The first-order valence-electron chi connectivity index (χ1n) is 11.1. The normalized spacial score (nSPS) is 15.1. The zero-order valence-electron chi connectivity index (χ0n) is 18.4. The van der Waals surface area contributed by atoms with Crippen molar-refractivity contribution in [3.05, 3.63) is 103 Å². The molecule has 1 aromatic heterocycles. The maximum absolute atomic E-state index is 13.7. The van der Waals surface area contributed by atoms with E-state index in [1.165, 1.54) is 0 Å². The highest BCUT2D eigenvalue weighted by Gasteiger charge is 2.43. The van der Waals surface area contributed by atoms with Crippen molar-refractivity contribution in [2.45, 2.75) is 25.8 Å². The van der Waals surface area contributed by atoms with Gasteiger partial charge in [0.25, 0.3) is 5.91 Å². The first-order chi connectivity index (χ1) is 16.5. The molecule has 1 aliphatic rings. The second-order valence-electron chi connectivity index (χ2n) is 8.14. The van der Waals surface area contributed by atoms with E-state index in [0.29, 0.717) is 34.6 Å². The zero-order valence-corrected chi connectivity index (χ0v) is 21.6. The number of anilines is 1. The van der Waals surface area contributed by atoms with Crippen LogP contribution in [0.3, 0.4) is 0 Å². The Morgan fingerprint density at radius 1 is 0.971 bits per heavy atom. The Labute approximate surface area is 213 Å². The Morgan fingerprint density at radius 3 is 2.50 bits per heavy atom. The van der Waals surface area contributed by atoms with Crippen LogP contribution in [0.25, 0.3) is 11.0 Å². The lowest BCUT2D eigenvalue weighted by Gasteiger charge is -2.25. The lowest BCUT2D eigenvalue weighted by Crippen LogP contribution is -2.29. The zero-order chi connectivity index (χ0) is 23.8. The molecule has 172 valence electrons. The average Bonchev–Trinajstić information content (AvgIpc) is 3.13. The van der Waals surface area contributed by atoms with E-state index in [2.05, 4.69) is 38.8 Å². The van der Waals surface area contributed by atoms with Crippen molar-refractivity contribution in [1.29, 1.82) is 0 Å². The Morgan fingerprint density at radius 2 is 1.74 bits per heavy atom. The molecule has 1 aliphatic heterocycles. The van der Waals surface area contributed by atoms with Gasteiger partial charge in [-0.3, -0.25) is 14.5 Å².